The zero-order valence-corrected chi connectivity index (χ0v) is 23.9. The number of fused-ring (bicyclic) bond motifs is 4. The van der Waals surface area contributed by atoms with Crippen LogP contribution in [0, 0.1) is 0 Å². The van der Waals surface area contributed by atoms with E-state index in [1.54, 1.807) is 0 Å². The van der Waals surface area contributed by atoms with E-state index < -0.39 is 0 Å². The highest BCUT2D eigenvalue weighted by molar-refractivity contribution is 5.96. The van der Waals surface area contributed by atoms with Gasteiger partial charge in [0.2, 0.25) is 0 Å². The second-order valence-corrected chi connectivity index (χ2v) is 11.3. The molecule has 6 aromatic carbocycles. The Bertz CT molecular complexity index is 2030. The summed E-state index contributed by atoms with van der Waals surface area (Å²) in [5, 5.41) is 7.20. The Morgan fingerprint density at radius 3 is 1.74 bits per heavy atom. The Balaban J connectivity index is 1.09. The van der Waals surface area contributed by atoms with Crippen molar-refractivity contribution >= 4 is 44.4 Å². The second-order valence-electron chi connectivity index (χ2n) is 11.3. The van der Waals surface area contributed by atoms with Gasteiger partial charge in [0.1, 0.15) is 0 Å². The van der Waals surface area contributed by atoms with Crippen LogP contribution < -0.4 is 10.2 Å². The first kappa shape index (κ1) is 25.3. The lowest BCUT2D eigenvalue weighted by atomic mass is 9.96. The number of hydrogen-bond acceptors (Lipinski definition) is 3. The van der Waals surface area contributed by atoms with Crippen molar-refractivity contribution in [3.8, 4) is 22.3 Å². The van der Waals surface area contributed by atoms with Gasteiger partial charge in [-0.2, -0.15) is 0 Å². The van der Waals surface area contributed by atoms with Crippen molar-refractivity contribution in [2.75, 3.05) is 16.8 Å². The van der Waals surface area contributed by atoms with E-state index in [1.165, 1.54) is 50.5 Å². The van der Waals surface area contributed by atoms with Gasteiger partial charge >= 0.3 is 0 Å². The lowest BCUT2D eigenvalue weighted by Crippen LogP contribution is -2.12. The maximum absolute atomic E-state index is 4.90. The first-order chi connectivity index (χ1) is 21.3. The third-order valence-electron chi connectivity index (χ3n) is 8.53. The molecule has 206 valence electrons. The number of benzene rings is 6. The molecule has 7 aromatic rings. The summed E-state index contributed by atoms with van der Waals surface area (Å²) in [6.07, 6.45) is 4.32. The van der Waals surface area contributed by atoms with Crippen molar-refractivity contribution < 1.29 is 0 Å². The minimum atomic E-state index is 1.02. The summed E-state index contributed by atoms with van der Waals surface area (Å²) in [6.45, 7) is 1.02. The first-order valence-corrected chi connectivity index (χ1v) is 15.0. The standard InChI is InChI=1S/C40H31N3/c1-3-9-36(10-4-1)43(37-11-5-2-6-12-37)38-21-19-28(20-22-38)30-14-15-32-25-33(17-16-31(32)24-30)35-26-34-18-13-29-8-7-23-41-39(29)40(34)42-27-35/h1-6,9-22,24-27,41H,7-8,23H2. The van der Waals surface area contributed by atoms with Crippen LogP contribution in [-0.2, 0) is 6.42 Å². The van der Waals surface area contributed by atoms with Crippen LogP contribution >= 0.6 is 0 Å². The second kappa shape index (κ2) is 10.8. The molecule has 3 heteroatoms. The minimum Gasteiger partial charge on any atom is -0.383 e. The average molecular weight is 554 g/mol. The fraction of sp³-hybridized carbons (Fsp3) is 0.0750. The van der Waals surface area contributed by atoms with E-state index in [4.69, 9.17) is 4.98 Å². The van der Waals surface area contributed by atoms with Crippen LogP contribution in [0.5, 0.6) is 0 Å². The molecule has 1 N–H and O–H groups in total. The Labute approximate surface area is 252 Å². The lowest BCUT2D eigenvalue weighted by Gasteiger charge is -2.25. The van der Waals surface area contributed by atoms with Crippen LogP contribution in [0.15, 0.2) is 146 Å². The summed E-state index contributed by atoms with van der Waals surface area (Å²) in [4.78, 5) is 7.19. The topological polar surface area (TPSA) is 28.2 Å². The van der Waals surface area contributed by atoms with E-state index in [-0.39, 0.29) is 0 Å². The van der Waals surface area contributed by atoms with Crippen LogP contribution in [0.3, 0.4) is 0 Å². The number of aryl methyl sites for hydroxylation is 1. The molecule has 1 aliphatic heterocycles. The summed E-state index contributed by atoms with van der Waals surface area (Å²) in [5.41, 5.74) is 11.8. The van der Waals surface area contributed by atoms with E-state index in [9.17, 15) is 0 Å². The summed E-state index contributed by atoms with van der Waals surface area (Å²) in [5.74, 6) is 0. The Morgan fingerprint density at radius 1 is 0.512 bits per heavy atom. The SMILES string of the molecule is c1ccc(N(c2ccccc2)c2ccc(-c3ccc4cc(-c5cnc6c7c(ccc6c5)CCCN7)ccc4c3)cc2)cc1. The lowest BCUT2D eigenvalue weighted by molar-refractivity contribution is 0.832. The smallest absolute Gasteiger partial charge is 0.0936 e. The van der Waals surface area contributed by atoms with Gasteiger partial charge in [-0.1, -0.05) is 84.9 Å². The number of rotatable bonds is 5. The Morgan fingerprint density at radius 2 is 1.07 bits per heavy atom. The number of hydrogen-bond donors (Lipinski definition) is 1. The minimum absolute atomic E-state index is 1.02. The van der Waals surface area contributed by atoms with Crippen molar-refractivity contribution in [3.05, 3.63) is 151 Å². The van der Waals surface area contributed by atoms with Gasteiger partial charge in [0, 0.05) is 40.8 Å². The van der Waals surface area contributed by atoms with E-state index >= 15 is 0 Å². The van der Waals surface area contributed by atoms with Crippen molar-refractivity contribution in [2.45, 2.75) is 12.8 Å². The van der Waals surface area contributed by atoms with Crippen molar-refractivity contribution in [3.63, 3.8) is 0 Å². The van der Waals surface area contributed by atoms with Crippen molar-refractivity contribution in [1.82, 2.24) is 4.98 Å². The zero-order chi connectivity index (χ0) is 28.6. The quantitative estimate of drug-likeness (QED) is 0.230. The number of para-hydroxylation sites is 2. The first-order valence-electron chi connectivity index (χ1n) is 15.0. The van der Waals surface area contributed by atoms with Crippen molar-refractivity contribution in [1.29, 1.82) is 0 Å². The fourth-order valence-corrected chi connectivity index (χ4v) is 6.31. The van der Waals surface area contributed by atoms with Crippen LogP contribution in [0.25, 0.3) is 43.9 Å². The molecule has 0 spiro atoms. The molecule has 0 atom stereocenters. The molecule has 0 amide bonds. The Kier molecular flexibility index (Phi) is 6.34. The molecular formula is C40H31N3. The molecule has 3 nitrogen and oxygen atoms in total. The van der Waals surface area contributed by atoms with Gasteiger partial charge in [-0.05, 0) is 100 Å². The van der Waals surface area contributed by atoms with E-state index in [0.29, 0.717) is 0 Å². The van der Waals surface area contributed by atoms with Gasteiger partial charge in [0.15, 0.2) is 0 Å². The van der Waals surface area contributed by atoms with E-state index in [0.717, 1.165) is 41.1 Å². The van der Waals surface area contributed by atoms with Gasteiger partial charge in [0.25, 0.3) is 0 Å². The van der Waals surface area contributed by atoms with Gasteiger partial charge in [-0.25, -0.2) is 0 Å². The fourth-order valence-electron chi connectivity index (χ4n) is 6.31. The van der Waals surface area contributed by atoms with Gasteiger partial charge in [0.05, 0.1) is 11.2 Å². The van der Waals surface area contributed by atoms with Gasteiger partial charge in [-0.15, -0.1) is 0 Å². The summed E-state index contributed by atoms with van der Waals surface area (Å²) >= 11 is 0. The predicted molar refractivity (Wildman–Crippen MR) is 182 cm³/mol. The average Bonchev–Trinajstić information content (AvgIpc) is 3.09. The van der Waals surface area contributed by atoms with Crippen LogP contribution in [-0.4, -0.2) is 11.5 Å². The molecule has 8 rings (SSSR count). The third kappa shape index (κ3) is 4.79. The molecule has 0 bridgehead atoms. The molecule has 0 fully saturated rings. The largest absolute Gasteiger partial charge is 0.383 e. The van der Waals surface area contributed by atoms with E-state index in [2.05, 4.69) is 150 Å². The molecular weight excluding hydrogens is 522 g/mol. The summed E-state index contributed by atoms with van der Waals surface area (Å²) in [7, 11) is 0. The van der Waals surface area contributed by atoms with Crippen LogP contribution in [0.2, 0.25) is 0 Å². The molecule has 0 unspecified atom stereocenters. The van der Waals surface area contributed by atoms with Gasteiger partial charge < -0.3 is 10.2 Å². The monoisotopic (exact) mass is 553 g/mol. The highest BCUT2D eigenvalue weighted by atomic mass is 15.1. The Hall–Kier alpha value is -5.41. The van der Waals surface area contributed by atoms with Crippen molar-refractivity contribution in [2.24, 2.45) is 0 Å². The van der Waals surface area contributed by atoms with Crippen LogP contribution in [0.4, 0.5) is 22.7 Å². The molecule has 0 radical (unpaired) electrons. The number of aromatic nitrogens is 1. The summed E-state index contributed by atoms with van der Waals surface area (Å²) in [6, 6.07) is 50.1. The van der Waals surface area contributed by atoms with Gasteiger partial charge in [-0.3, -0.25) is 4.98 Å². The number of pyridine rings is 1. The highest BCUT2D eigenvalue weighted by Crippen LogP contribution is 2.37. The normalized spacial score (nSPS) is 12.6. The highest BCUT2D eigenvalue weighted by Gasteiger charge is 2.14. The maximum atomic E-state index is 4.90. The maximum Gasteiger partial charge on any atom is 0.0936 e. The predicted octanol–water partition coefficient (Wildman–Crippen LogP) is 10.5. The molecule has 2 heterocycles. The van der Waals surface area contributed by atoms with Crippen LogP contribution in [0.1, 0.15) is 12.0 Å². The number of anilines is 4. The molecule has 1 aromatic heterocycles. The summed E-state index contributed by atoms with van der Waals surface area (Å²) < 4.78 is 0. The third-order valence-corrected chi connectivity index (χ3v) is 8.53. The molecule has 0 aliphatic carbocycles. The molecule has 0 saturated carbocycles. The molecule has 0 saturated heterocycles. The molecule has 43 heavy (non-hydrogen) atoms. The number of nitrogens with zero attached hydrogens (tertiary/aromatic N) is 2. The zero-order valence-electron chi connectivity index (χ0n) is 23.9. The number of nitrogens with one attached hydrogen (secondary N) is 1. The molecule has 1 aliphatic rings. The van der Waals surface area contributed by atoms with E-state index in [1.807, 2.05) is 6.20 Å².